The normalized spacial score (nSPS) is 17.1. The van der Waals surface area contributed by atoms with Crippen LogP contribution >= 0.6 is 0 Å². The van der Waals surface area contributed by atoms with Crippen molar-refractivity contribution in [2.45, 2.75) is 31.6 Å². The molecule has 1 unspecified atom stereocenters. The van der Waals surface area contributed by atoms with Gasteiger partial charge in [-0.05, 0) is 42.9 Å². The molecule has 2 rings (SSSR count). The van der Waals surface area contributed by atoms with E-state index in [2.05, 4.69) is 11.4 Å². The summed E-state index contributed by atoms with van der Waals surface area (Å²) < 4.78 is 0. The number of aliphatic hydroxyl groups excluding tert-OH is 1. The highest BCUT2D eigenvalue weighted by Gasteiger charge is 2.44. The maximum absolute atomic E-state index is 12.0. The first kappa shape index (κ1) is 14.5. The highest BCUT2D eigenvalue weighted by Crippen LogP contribution is 2.47. The van der Waals surface area contributed by atoms with Crippen molar-refractivity contribution in [2.75, 3.05) is 13.2 Å². The third kappa shape index (κ3) is 3.17. The highest BCUT2D eigenvalue weighted by molar-refractivity contribution is 5.94. The van der Waals surface area contributed by atoms with Crippen molar-refractivity contribution in [3.05, 3.63) is 35.4 Å². The third-order valence-electron chi connectivity index (χ3n) is 3.90. The van der Waals surface area contributed by atoms with E-state index in [1.807, 2.05) is 19.1 Å². The van der Waals surface area contributed by atoms with Gasteiger partial charge in [-0.3, -0.25) is 4.79 Å². The van der Waals surface area contributed by atoms with E-state index in [1.54, 1.807) is 12.1 Å². The Balaban J connectivity index is 1.93. The van der Waals surface area contributed by atoms with Crippen LogP contribution in [0.25, 0.3) is 0 Å². The van der Waals surface area contributed by atoms with Crippen molar-refractivity contribution in [3.63, 3.8) is 0 Å². The summed E-state index contributed by atoms with van der Waals surface area (Å²) >= 11 is 0. The number of hydrogen-bond donors (Lipinski definition) is 2. The van der Waals surface area contributed by atoms with Crippen LogP contribution in [0.4, 0.5) is 0 Å². The minimum absolute atomic E-state index is 0.108. The van der Waals surface area contributed by atoms with Gasteiger partial charge in [-0.2, -0.15) is 5.26 Å². The van der Waals surface area contributed by atoms with E-state index in [-0.39, 0.29) is 23.8 Å². The van der Waals surface area contributed by atoms with Gasteiger partial charge in [0.25, 0.3) is 5.91 Å². The zero-order chi connectivity index (χ0) is 14.6. The Morgan fingerprint density at radius 1 is 1.45 bits per heavy atom. The Hall–Kier alpha value is -1.86. The van der Waals surface area contributed by atoms with Crippen LogP contribution in [0.2, 0.25) is 0 Å². The smallest absolute Gasteiger partial charge is 0.251 e. The average molecular weight is 272 g/mol. The highest BCUT2D eigenvalue weighted by atomic mass is 16.3. The second-order valence-electron chi connectivity index (χ2n) is 5.60. The van der Waals surface area contributed by atoms with Crippen LogP contribution in [-0.2, 0) is 5.41 Å². The van der Waals surface area contributed by atoms with Gasteiger partial charge in [0.05, 0.1) is 11.5 Å². The van der Waals surface area contributed by atoms with Crippen LogP contribution in [0.1, 0.15) is 42.1 Å². The number of benzene rings is 1. The molecule has 0 aromatic heterocycles. The minimum Gasteiger partial charge on any atom is -0.396 e. The second-order valence-corrected chi connectivity index (χ2v) is 5.60. The Morgan fingerprint density at radius 2 is 2.10 bits per heavy atom. The van der Waals surface area contributed by atoms with E-state index in [9.17, 15) is 4.79 Å². The van der Waals surface area contributed by atoms with E-state index < -0.39 is 0 Å². The zero-order valence-electron chi connectivity index (χ0n) is 11.7. The molecule has 2 N–H and O–H groups in total. The van der Waals surface area contributed by atoms with Crippen molar-refractivity contribution < 1.29 is 9.90 Å². The molecular weight excluding hydrogens is 252 g/mol. The molecule has 1 amide bonds. The predicted molar refractivity (Wildman–Crippen MR) is 76.2 cm³/mol. The number of hydrogen-bond acceptors (Lipinski definition) is 3. The number of nitriles is 1. The fourth-order valence-electron chi connectivity index (χ4n) is 2.22. The number of nitrogens with zero attached hydrogens (tertiary/aromatic N) is 1. The van der Waals surface area contributed by atoms with E-state index in [0.29, 0.717) is 18.5 Å². The van der Waals surface area contributed by atoms with E-state index in [4.69, 9.17) is 10.4 Å². The van der Waals surface area contributed by atoms with Gasteiger partial charge in [0.15, 0.2) is 0 Å². The monoisotopic (exact) mass is 272 g/mol. The molecule has 4 nitrogen and oxygen atoms in total. The number of nitrogens with one attached hydrogen (secondary N) is 1. The molecule has 1 aromatic rings. The third-order valence-corrected chi connectivity index (χ3v) is 3.90. The minimum atomic E-state index is -0.301. The zero-order valence-corrected chi connectivity index (χ0v) is 11.7. The molecule has 1 aromatic carbocycles. The fourth-order valence-corrected chi connectivity index (χ4v) is 2.22. The summed E-state index contributed by atoms with van der Waals surface area (Å²) in [4.78, 5) is 12.0. The number of carbonyl (C=O) groups excluding carboxylic acids is 1. The molecule has 1 aliphatic rings. The average Bonchev–Trinajstić information content (AvgIpc) is 3.26. The van der Waals surface area contributed by atoms with E-state index >= 15 is 0 Å². The summed E-state index contributed by atoms with van der Waals surface area (Å²) in [6.07, 6.45) is 2.51. The number of amides is 1. The molecule has 1 fully saturated rings. The Labute approximate surface area is 119 Å². The van der Waals surface area contributed by atoms with E-state index in [1.165, 1.54) is 0 Å². The SMILES string of the molecule is CC(CCO)CNC(=O)c1ccc(C2(C#N)CC2)cc1. The topological polar surface area (TPSA) is 73.1 Å². The Morgan fingerprint density at radius 3 is 2.60 bits per heavy atom. The van der Waals surface area contributed by atoms with Gasteiger partial charge in [-0.25, -0.2) is 0 Å². The van der Waals surface area contributed by atoms with Crippen molar-refractivity contribution in [1.82, 2.24) is 5.32 Å². The molecule has 4 heteroatoms. The fraction of sp³-hybridized carbons (Fsp3) is 0.500. The Kier molecular flexibility index (Phi) is 4.41. The lowest BCUT2D eigenvalue weighted by atomic mass is 9.96. The summed E-state index contributed by atoms with van der Waals surface area (Å²) in [5, 5.41) is 20.8. The van der Waals surface area contributed by atoms with Crippen molar-refractivity contribution in [1.29, 1.82) is 5.26 Å². The lowest BCUT2D eigenvalue weighted by molar-refractivity contribution is 0.0945. The lowest BCUT2D eigenvalue weighted by Gasteiger charge is -2.12. The van der Waals surface area contributed by atoms with Gasteiger partial charge in [0.2, 0.25) is 0 Å². The van der Waals surface area contributed by atoms with Crippen LogP contribution in [0, 0.1) is 17.2 Å². The molecule has 0 saturated heterocycles. The van der Waals surface area contributed by atoms with Crippen LogP contribution in [0.5, 0.6) is 0 Å². The molecule has 1 aliphatic carbocycles. The molecule has 0 heterocycles. The molecule has 0 bridgehead atoms. The first-order valence-corrected chi connectivity index (χ1v) is 7.02. The summed E-state index contributed by atoms with van der Waals surface area (Å²) in [5.41, 5.74) is 1.31. The van der Waals surface area contributed by atoms with Gasteiger partial charge < -0.3 is 10.4 Å². The largest absolute Gasteiger partial charge is 0.396 e. The molecule has 106 valence electrons. The number of aliphatic hydroxyl groups is 1. The first-order valence-electron chi connectivity index (χ1n) is 7.02. The van der Waals surface area contributed by atoms with Crippen LogP contribution in [0.3, 0.4) is 0 Å². The number of carbonyl (C=O) groups is 1. The standard InChI is InChI=1S/C16H20N2O2/c1-12(6-9-19)10-18-15(20)13-2-4-14(5-3-13)16(11-17)7-8-16/h2-5,12,19H,6-10H2,1H3,(H,18,20). The van der Waals surface area contributed by atoms with Gasteiger partial charge in [0, 0.05) is 18.7 Å². The summed E-state index contributed by atoms with van der Waals surface area (Å²) in [6.45, 7) is 2.69. The molecular formula is C16H20N2O2. The van der Waals surface area contributed by atoms with Gasteiger partial charge in [-0.15, -0.1) is 0 Å². The predicted octanol–water partition coefficient (Wildman–Crippen LogP) is 1.99. The quantitative estimate of drug-likeness (QED) is 0.831. The van der Waals surface area contributed by atoms with Gasteiger partial charge >= 0.3 is 0 Å². The van der Waals surface area contributed by atoms with Gasteiger partial charge in [-0.1, -0.05) is 19.1 Å². The van der Waals surface area contributed by atoms with Crippen molar-refractivity contribution in [3.8, 4) is 6.07 Å². The van der Waals surface area contributed by atoms with Gasteiger partial charge in [0.1, 0.15) is 0 Å². The van der Waals surface area contributed by atoms with Crippen molar-refractivity contribution in [2.24, 2.45) is 5.92 Å². The van der Waals surface area contributed by atoms with Crippen LogP contribution in [-0.4, -0.2) is 24.2 Å². The van der Waals surface area contributed by atoms with E-state index in [0.717, 1.165) is 18.4 Å². The first-order chi connectivity index (χ1) is 9.61. The number of rotatable bonds is 6. The lowest BCUT2D eigenvalue weighted by Crippen LogP contribution is -2.28. The van der Waals surface area contributed by atoms with Crippen LogP contribution in [0.15, 0.2) is 24.3 Å². The maximum Gasteiger partial charge on any atom is 0.251 e. The van der Waals surface area contributed by atoms with Crippen molar-refractivity contribution >= 4 is 5.91 Å². The molecule has 0 spiro atoms. The summed E-state index contributed by atoms with van der Waals surface area (Å²) in [6, 6.07) is 9.65. The molecule has 1 atom stereocenters. The Bertz CT molecular complexity index is 512. The molecule has 0 aliphatic heterocycles. The maximum atomic E-state index is 12.0. The molecule has 20 heavy (non-hydrogen) atoms. The molecule has 0 radical (unpaired) electrons. The molecule has 1 saturated carbocycles. The second kappa shape index (κ2) is 6.06. The summed E-state index contributed by atoms with van der Waals surface area (Å²) in [5.74, 6) is 0.152. The van der Waals surface area contributed by atoms with Crippen LogP contribution < -0.4 is 5.32 Å². The summed E-state index contributed by atoms with van der Waals surface area (Å²) in [7, 11) is 0.